The van der Waals surface area contributed by atoms with Crippen molar-refractivity contribution in [2.24, 2.45) is 0 Å². The van der Waals surface area contributed by atoms with Crippen LogP contribution in [0, 0.1) is 0 Å². The SMILES string of the molecule is CC1(C)OC[C@H](COc2cccc(N)c2)O1. The maximum Gasteiger partial charge on any atom is 0.163 e. The summed E-state index contributed by atoms with van der Waals surface area (Å²) in [7, 11) is 0. The Bertz CT molecular complexity index is 365. The highest BCUT2D eigenvalue weighted by Gasteiger charge is 2.32. The van der Waals surface area contributed by atoms with Gasteiger partial charge in [0, 0.05) is 11.8 Å². The Hall–Kier alpha value is -1.26. The van der Waals surface area contributed by atoms with E-state index in [0.717, 1.165) is 5.75 Å². The highest BCUT2D eigenvalue weighted by Crippen LogP contribution is 2.23. The van der Waals surface area contributed by atoms with Gasteiger partial charge in [-0.25, -0.2) is 0 Å². The summed E-state index contributed by atoms with van der Waals surface area (Å²) in [5.74, 6) is 0.261. The van der Waals surface area contributed by atoms with E-state index in [1.165, 1.54) is 0 Å². The molecule has 4 nitrogen and oxygen atoms in total. The predicted octanol–water partition coefficient (Wildman–Crippen LogP) is 1.80. The Morgan fingerprint density at radius 2 is 2.31 bits per heavy atom. The molecule has 88 valence electrons. The molecule has 0 aliphatic carbocycles. The molecule has 0 radical (unpaired) electrons. The van der Waals surface area contributed by atoms with Gasteiger partial charge in [-0.05, 0) is 26.0 Å². The third-order valence-corrected chi connectivity index (χ3v) is 2.36. The summed E-state index contributed by atoms with van der Waals surface area (Å²) in [6.07, 6.45) is -0.0172. The Morgan fingerprint density at radius 1 is 1.50 bits per heavy atom. The van der Waals surface area contributed by atoms with Crippen molar-refractivity contribution < 1.29 is 14.2 Å². The largest absolute Gasteiger partial charge is 0.491 e. The fourth-order valence-electron chi connectivity index (χ4n) is 1.64. The van der Waals surface area contributed by atoms with Gasteiger partial charge in [0.2, 0.25) is 0 Å². The monoisotopic (exact) mass is 223 g/mol. The summed E-state index contributed by atoms with van der Waals surface area (Å²) >= 11 is 0. The molecule has 0 aromatic heterocycles. The molecule has 4 heteroatoms. The lowest BCUT2D eigenvalue weighted by atomic mass is 10.3. The molecule has 1 aromatic carbocycles. The third kappa shape index (κ3) is 2.87. The summed E-state index contributed by atoms with van der Waals surface area (Å²) in [6, 6.07) is 7.35. The Balaban J connectivity index is 1.84. The first kappa shape index (κ1) is 11.2. The van der Waals surface area contributed by atoms with E-state index in [9.17, 15) is 0 Å². The second-order valence-electron chi connectivity index (χ2n) is 4.33. The zero-order valence-electron chi connectivity index (χ0n) is 9.60. The summed E-state index contributed by atoms with van der Waals surface area (Å²) in [4.78, 5) is 0. The molecule has 1 fully saturated rings. The number of anilines is 1. The molecule has 1 saturated heterocycles. The average molecular weight is 223 g/mol. The highest BCUT2D eigenvalue weighted by molar-refractivity contribution is 5.43. The molecule has 1 heterocycles. The second-order valence-corrected chi connectivity index (χ2v) is 4.33. The molecule has 0 amide bonds. The first-order valence-corrected chi connectivity index (χ1v) is 5.35. The normalized spacial score (nSPS) is 23.2. The number of ether oxygens (including phenoxy) is 3. The molecule has 0 spiro atoms. The van der Waals surface area contributed by atoms with Gasteiger partial charge in [-0.2, -0.15) is 0 Å². The minimum atomic E-state index is -0.496. The first-order valence-electron chi connectivity index (χ1n) is 5.35. The van der Waals surface area contributed by atoms with Crippen LogP contribution in [0.4, 0.5) is 5.69 Å². The number of benzene rings is 1. The fraction of sp³-hybridized carbons (Fsp3) is 0.500. The van der Waals surface area contributed by atoms with Crippen LogP contribution in [0.3, 0.4) is 0 Å². The summed E-state index contributed by atoms with van der Waals surface area (Å²) in [5, 5.41) is 0. The minimum Gasteiger partial charge on any atom is -0.491 e. The second kappa shape index (κ2) is 4.31. The molecule has 0 bridgehead atoms. The Morgan fingerprint density at radius 3 is 2.94 bits per heavy atom. The molecule has 0 unspecified atom stereocenters. The smallest absolute Gasteiger partial charge is 0.163 e. The number of hydrogen-bond acceptors (Lipinski definition) is 4. The van der Waals surface area contributed by atoms with E-state index >= 15 is 0 Å². The summed E-state index contributed by atoms with van der Waals surface area (Å²) in [5.41, 5.74) is 6.35. The van der Waals surface area contributed by atoms with Crippen molar-refractivity contribution in [2.75, 3.05) is 18.9 Å². The van der Waals surface area contributed by atoms with Gasteiger partial charge < -0.3 is 19.9 Å². The van der Waals surface area contributed by atoms with E-state index in [4.69, 9.17) is 19.9 Å². The topological polar surface area (TPSA) is 53.7 Å². The van der Waals surface area contributed by atoms with Crippen molar-refractivity contribution in [3.05, 3.63) is 24.3 Å². The number of hydrogen-bond donors (Lipinski definition) is 1. The number of nitrogen functional groups attached to an aromatic ring is 1. The zero-order chi connectivity index (χ0) is 11.6. The molecule has 2 N–H and O–H groups in total. The van der Waals surface area contributed by atoms with Crippen LogP contribution in [0.15, 0.2) is 24.3 Å². The van der Waals surface area contributed by atoms with Crippen LogP contribution in [-0.4, -0.2) is 25.1 Å². The maximum atomic E-state index is 5.65. The molecular weight excluding hydrogens is 206 g/mol. The van der Waals surface area contributed by atoms with Crippen molar-refractivity contribution in [1.82, 2.24) is 0 Å². The van der Waals surface area contributed by atoms with Crippen LogP contribution < -0.4 is 10.5 Å². The van der Waals surface area contributed by atoms with E-state index < -0.39 is 5.79 Å². The van der Waals surface area contributed by atoms with E-state index in [2.05, 4.69) is 0 Å². The van der Waals surface area contributed by atoms with Crippen molar-refractivity contribution in [2.45, 2.75) is 25.7 Å². The maximum absolute atomic E-state index is 5.65. The molecular formula is C12H17NO3. The lowest BCUT2D eigenvalue weighted by Crippen LogP contribution is -2.25. The van der Waals surface area contributed by atoms with Crippen molar-refractivity contribution in [3.63, 3.8) is 0 Å². The minimum absolute atomic E-state index is 0.0172. The van der Waals surface area contributed by atoms with Crippen molar-refractivity contribution in [3.8, 4) is 5.75 Å². The van der Waals surface area contributed by atoms with Gasteiger partial charge in [0.1, 0.15) is 18.5 Å². The summed E-state index contributed by atoms with van der Waals surface area (Å²) in [6.45, 7) is 4.84. The van der Waals surface area contributed by atoms with E-state index in [-0.39, 0.29) is 6.10 Å². The van der Waals surface area contributed by atoms with Crippen molar-refractivity contribution in [1.29, 1.82) is 0 Å². The molecule has 2 rings (SSSR count). The van der Waals surface area contributed by atoms with Crippen LogP contribution in [0.1, 0.15) is 13.8 Å². The van der Waals surface area contributed by atoms with Crippen LogP contribution in [-0.2, 0) is 9.47 Å². The van der Waals surface area contributed by atoms with Gasteiger partial charge in [0.25, 0.3) is 0 Å². The van der Waals surface area contributed by atoms with Crippen LogP contribution in [0.25, 0.3) is 0 Å². The van der Waals surface area contributed by atoms with Crippen LogP contribution in [0.5, 0.6) is 5.75 Å². The van der Waals surface area contributed by atoms with Gasteiger partial charge in [0.15, 0.2) is 5.79 Å². The van der Waals surface area contributed by atoms with Gasteiger partial charge >= 0.3 is 0 Å². The third-order valence-electron chi connectivity index (χ3n) is 2.36. The molecule has 0 saturated carbocycles. The first-order chi connectivity index (χ1) is 7.55. The lowest BCUT2D eigenvalue weighted by Gasteiger charge is -2.17. The summed E-state index contributed by atoms with van der Waals surface area (Å²) < 4.78 is 16.6. The van der Waals surface area contributed by atoms with E-state index in [1.54, 1.807) is 6.07 Å². The quantitative estimate of drug-likeness (QED) is 0.794. The standard InChI is InChI=1S/C12H17NO3/c1-12(2)15-8-11(16-12)7-14-10-5-3-4-9(13)6-10/h3-6,11H,7-8,13H2,1-2H3/t11-/m0/s1. The van der Waals surface area contributed by atoms with Gasteiger partial charge in [-0.3, -0.25) is 0 Å². The van der Waals surface area contributed by atoms with Gasteiger partial charge in [-0.1, -0.05) is 6.07 Å². The highest BCUT2D eigenvalue weighted by atomic mass is 16.7. The average Bonchev–Trinajstić information content (AvgIpc) is 2.56. The molecule has 1 aliphatic rings. The van der Waals surface area contributed by atoms with Gasteiger partial charge in [-0.15, -0.1) is 0 Å². The molecule has 1 atom stereocenters. The molecule has 16 heavy (non-hydrogen) atoms. The predicted molar refractivity (Wildman–Crippen MR) is 61.3 cm³/mol. The van der Waals surface area contributed by atoms with Gasteiger partial charge in [0.05, 0.1) is 6.61 Å². The van der Waals surface area contributed by atoms with Crippen LogP contribution in [0.2, 0.25) is 0 Å². The molecule has 1 aromatic rings. The zero-order valence-corrected chi connectivity index (χ0v) is 9.60. The number of rotatable bonds is 3. The fourth-order valence-corrected chi connectivity index (χ4v) is 1.64. The van der Waals surface area contributed by atoms with E-state index in [0.29, 0.717) is 18.9 Å². The lowest BCUT2D eigenvalue weighted by molar-refractivity contribution is -0.141. The van der Waals surface area contributed by atoms with Crippen molar-refractivity contribution >= 4 is 5.69 Å². The van der Waals surface area contributed by atoms with Crippen LogP contribution >= 0.6 is 0 Å². The number of nitrogens with two attached hydrogens (primary N) is 1. The van der Waals surface area contributed by atoms with E-state index in [1.807, 2.05) is 32.0 Å². The Labute approximate surface area is 95.3 Å². The Kier molecular flexibility index (Phi) is 3.03. The molecule has 1 aliphatic heterocycles.